The predicted molar refractivity (Wildman–Crippen MR) is 72.5 cm³/mol. The normalized spacial score (nSPS) is 11.3. The van der Waals surface area contributed by atoms with Crippen LogP contribution in [0.25, 0.3) is 11.3 Å². The van der Waals surface area contributed by atoms with E-state index in [0.717, 1.165) is 6.26 Å². The van der Waals surface area contributed by atoms with Crippen molar-refractivity contribution in [1.29, 1.82) is 0 Å². The Morgan fingerprint density at radius 3 is 2.71 bits per heavy atom. The van der Waals surface area contributed by atoms with Crippen molar-refractivity contribution in [3.8, 4) is 17.0 Å². The summed E-state index contributed by atoms with van der Waals surface area (Å²) in [6.07, 6.45) is 1.04. The molecular weight excluding hydrogens is 298 g/mol. The number of esters is 1. The zero-order chi connectivity index (χ0) is 15.6. The summed E-state index contributed by atoms with van der Waals surface area (Å²) in [5.41, 5.74) is -0.0241. The van der Waals surface area contributed by atoms with Crippen LogP contribution < -0.4 is 0 Å². The number of sulfone groups is 1. The molecule has 0 saturated heterocycles. The van der Waals surface area contributed by atoms with E-state index in [4.69, 9.17) is 4.74 Å². The van der Waals surface area contributed by atoms with Gasteiger partial charge in [-0.1, -0.05) is 0 Å². The number of H-pyrrole nitrogens is 1. The van der Waals surface area contributed by atoms with Gasteiger partial charge in [-0.3, -0.25) is 0 Å². The molecule has 0 aliphatic heterocycles. The average molecular weight is 311 g/mol. The molecule has 0 unspecified atom stereocenters. The van der Waals surface area contributed by atoms with Gasteiger partial charge < -0.3 is 9.84 Å². The Balaban J connectivity index is 2.58. The number of nitrogens with zero attached hydrogens (tertiary/aromatic N) is 2. The van der Waals surface area contributed by atoms with E-state index in [1.807, 2.05) is 0 Å². The molecule has 0 aliphatic carbocycles. The number of nitrogens with one attached hydrogen (secondary N) is 1. The van der Waals surface area contributed by atoms with Crippen LogP contribution in [0.5, 0.6) is 5.75 Å². The van der Waals surface area contributed by atoms with E-state index in [2.05, 4.69) is 15.4 Å². The van der Waals surface area contributed by atoms with E-state index >= 15 is 0 Å². The van der Waals surface area contributed by atoms with Crippen LogP contribution in [0.15, 0.2) is 23.1 Å². The first-order valence-electron chi connectivity index (χ1n) is 5.96. The van der Waals surface area contributed by atoms with Gasteiger partial charge in [-0.25, -0.2) is 13.2 Å². The highest BCUT2D eigenvalue weighted by atomic mass is 32.2. The lowest BCUT2D eigenvalue weighted by molar-refractivity contribution is 0.0520. The second-order valence-electron chi connectivity index (χ2n) is 4.19. The third kappa shape index (κ3) is 3.02. The summed E-state index contributed by atoms with van der Waals surface area (Å²) in [6, 6.07) is 3.71. The second kappa shape index (κ2) is 5.52. The van der Waals surface area contributed by atoms with Crippen molar-refractivity contribution in [3.63, 3.8) is 0 Å². The summed E-state index contributed by atoms with van der Waals surface area (Å²) in [5, 5.41) is 19.6. The maximum atomic E-state index is 11.7. The zero-order valence-corrected chi connectivity index (χ0v) is 12.1. The molecule has 0 fully saturated rings. The van der Waals surface area contributed by atoms with Gasteiger partial charge in [0.25, 0.3) is 0 Å². The van der Waals surface area contributed by atoms with Gasteiger partial charge in [0, 0.05) is 11.8 Å². The molecule has 1 aromatic heterocycles. The van der Waals surface area contributed by atoms with E-state index in [1.165, 1.54) is 18.2 Å². The second-order valence-corrected chi connectivity index (χ2v) is 6.21. The van der Waals surface area contributed by atoms with E-state index in [0.29, 0.717) is 0 Å². The van der Waals surface area contributed by atoms with Gasteiger partial charge in [0.2, 0.25) is 0 Å². The number of phenols is 1. The van der Waals surface area contributed by atoms with Gasteiger partial charge in [-0.05, 0) is 25.1 Å². The molecule has 0 radical (unpaired) electrons. The van der Waals surface area contributed by atoms with E-state index in [9.17, 15) is 18.3 Å². The number of hydrogen-bond donors (Lipinski definition) is 2. The number of rotatable bonds is 4. The van der Waals surface area contributed by atoms with Crippen LogP contribution in [0.3, 0.4) is 0 Å². The van der Waals surface area contributed by atoms with E-state index < -0.39 is 15.8 Å². The van der Waals surface area contributed by atoms with Gasteiger partial charge in [0.05, 0.1) is 11.5 Å². The van der Waals surface area contributed by atoms with Crippen molar-refractivity contribution in [2.45, 2.75) is 11.8 Å². The van der Waals surface area contributed by atoms with Crippen molar-refractivity contribution in [2.75, 3.05) is 12.9 Å². The van der Waals surface area contributed by atoms with Crippen LogP contribution in [0.4, 0.5) is 0 Å². The van der Waals surface area contributed by atoms with Crippen LogP contribution in [0.1, 0.15) is 17.4 Å². The van der Waals surface area contributed by atoms with Crippen LogP contribution in [0.2, 0.25) is 0 Å². The lowest BCUT2D eigenvalue weighted by atomic mass is 10.1. The third-order valence-corrected chi connectivity index (χ3v) is 3.78. The molecule has 21 heavy (non-hydrogen) atoms. The Morgan fingerprint density at radius 1 is 1.38 bits per heavy atom. The molecule has 1 aromatic carbocycles. The SMILES string of the molecule is CCOC(=O)c1n[nH]nc1-c1cc(S(C)(=O)=O)ccc1O. The predicted octanol–water partition coefficient (Wildman–Crippen LogP) is 0.757. The Kier molecular flexibility index (Phi) is 3.94. The number of hydrogen-bond acceptors (Lipinski definition) is 7. The molecule has 0 saturated carbocycles. The fraction of sp³-hybridized carbons (Fsp3) is 0.250. The highest BCUT2D eigenvalue weighted by molar-refractivity contribution is 7.90. The highest BCUT2D eigenvalue weighted by Crippen LogP contribution is 2.31. The van der Waals surface area contributed by atoms with Crippen molar-refractivity contribution < 1.29 is 23.1 Å². The number of carbonyl (C=O) groups excluding carboxylic acids is 1. The summed E-state index contributed by atoms with van der Waals surface area (Å²) in [5.74, 6) is -0.938. The molecule has 2 N–H and O–H groups in total. The lowest BCUT2D eigenvalue weighted by Crippen LogP contribution is -2.07. The fourth-order valence-corrected chi connectivity index (χ4v) is 2.34. The number of ether oxygens (including phenoxy) is 1. The molecule has 0 bridgehead atoms. The van der Waals surface area contributed by atoms with Crippen LogP contribution >= 0.6 is 0 Å². The molecule has 2 aromatic rings. The first kappa shape index (κ1) is 15.0. The Bertz CT molecular complexity index is 782. The summed E-state index contributed by atoms with van der Waals surface area (Å²) in [7, 11) is -3.46. The van der Waals surface area contributed by atoms with Gasteiger partial charge in [-0.15, -0.1) is 5.10 Å². The third-order valence-electron chi connectivity index (χ3n) is 2.67. The Labute approximate surface area is 120 Å². The Hall–Kier alpha value is -2.42. The number of carbonyl (C=O) groups is 1. The van der Waals surface area contributed by atoms with Crippen molar-refractivity contribution in [3.05, 3.63) is 23.9 Å². The van der Waals surface area contributed by atoms with Crippen LogP contribution in [0, 0.1) is 0 Å². The summed E-state index contributed by atoms with van der Waals surface area (Å²) < 4.78 is 28.0. The standard InChI is InChI=1S/C12H13N3O5S/c1-3-20-12(17)11-10(13-15-14-11)8-6-7(21(2,18)19)4-5-9(8)16/h4-6,16H,3H2,1-2H3,(H,13,14,15). The highest BCUT2D eigenvalue weighted by Gasteiger charge is 2.22. The minimum Gasteiger partial charge on any atom is -0.507 e. The van der Waals surface area contributed by atoms with Crippen LogP contribution in [-0.4, -0.2) is 47.8 Å². The zero-order valence-electron chi connectivity index (χ0n) is 11.3. The monoisotopic (exact) mass is 311 g/mol. The molecule has 8 nitrogen and oxygen atoms in total. The van der Waals surface area contributed by atoms with Crippen molar-refractivity contribution in [1.82, 2.24) is 15.4 Å². The molecule has 0 amide bonds. The van der Waals surface area contributed by atoms with Gasteiger partial charge in [-0.2, -0.15) is 10.3 Å². The number of aromatic nitrogens is 3. The lowest BCUT2D eigenvalue weighted by Gasteiger charge is -2.06. The summed E-state index contributed by atoms with van der Waals surface area (Å²) in [6.45, 7) is 1.79. The topological polar surface area (TPSA) is 122 Å². The number of aromatic amines is 1. The molecule has 0 spiro atoms. The van der Waals surface area contributed by atoms with Gasteiger partial charge in [0.15, 0.2) is 15.5 Å². The van der Waals surface area contributed by atoms with E-state index in [1.54, 1.807) is 6.92 Å². The smallest absolute Gasteiger partial charge is 0.361 e. The molecule has 112 valence electrons. The molecular formula is C12H13N3O5S. The maximum Gasteiger partial charge on any atom is 0.361 e. The molecule has 2 rings (SSSR count). The molecule has 1 heterocycles. The minimum absolute atomic E-state index is 0.00638. The first-order valence-corrected chi connectivity index (χ1v) is 7.85. The molecule has 9 heteroatoms. The van der Waals surface area contributed by atoms with E-state index in [-0.39, 0.29) is 34.2 Å². The summed E-state index contributed by atoms with van der Waals surface area (Å²) in [4.78, 5) is 11.7. The van der Waals surface area contributed by atoms with Gasteiger partial charge in [0.1, 0.15) is 11.4 Å². The van der Waals surface area contributed by atoms with Crippen molar-refractivity contribution in [2.24, 2.45) is 0 Å². The molecule has 0 atom stereocenters. The van der Waals surface area contributed by atoms with Gasteiger partial charge >= 0.3 is 5.97 Å². The minimum atomic E-state index is -3.46. The average Bonchev–Trinajstić information content (AvgIpc) is 2.87. The van der Waals surface area contributed by atoms with Crippen molar-refractivity contribution >= 4 is 15.8 Å². The summed E-state index contributed by atoms with van der Waals surface area (Å²) >= 11 is 0. The quantitative estimate of drug-likeness (QED) is 0.799. The molecule has 0 aliphatic rings. The fourth-order valence-electron chi connectivity index (χ4n) is 1.70. The Morgan fingerprint density at radius 2 is 2.10 bits per heavy atom. The largest absolute Gasteiger partial charge is 0.507 e. The number of aromatic hydroxyl groups is 1. The number of phenolic OH excluding ortho intramolecular Hbond substituents is 1. The number of benzene rings is 1. The van der Waals surface area contributed by atoms with Crippen LogP contribution in [-0.2, 0) is 14.6 Å². The first-order chi connectivity index (χ1) is 9.84. The maximum absolute atomic E-state index is 11.7.